The highest BCUT2D eigenvalue weighted by atomic mass is 16.5. The molecule has 2 rings (SSSR count). The Labute approximate surface area is 141 Å². The molecule has 1 atom stereocenters. The van der Waals surface area contributed by atoms with Crippen LogP contribution in [0, 0.1) is 0 Å². The molecule has 0 amide bonds. The van der Waals surface area contributed by atoms with Crippen molar-refractivity contribution in [3.63, 3.8) is 0 Å². The number of hydrogen-bond donors (Lipinski definition) is 4. The molecule has 0 fully saturated rings. The summed E-state index contributed by atoms with van der Waals surface area (Å²) >= 11 is 0. The molecule has 130 valence electrons. The van der Waals surface area contributed by atoms with Crippen molar-refractivity contribution in [1.82, 2.24) is 5.32 Å². The van der Waals surface area contributed by atoms with Crippen LogP contribution in [0.5, 0.6) is 23.0 Å². The minimum atomic E-state index is -0.742. The summed E-state index contributed by atoms with van der Waals surface area (Å²) in [7, 11) is 3.19. The maximum atomic E-state index is 10.0. The Hall–Kier alpha value is -2.44. The lowest BCUT2D eigenvalue weighted by atomic mass is 10.1. The third-order valence-electron chi connectivity index (χ3n) is 3.71. The van der Waals surface area contributed by atoms with E-state index in [1.165, 1.54) is 12.1 Å². The minimum Gasteiger partial charge on any atom is -0.504 e. The molecule has 0 bridgehead atoms. The number of hydrogen-bond acceptors (Lipinski definition) is 6. The van der Waals surface area contributed by atoms with Crippen LogP contribution in [0.2, 0.25) is 0 Å². The second kappa shape index (κ2) is 8.42. The first-order valence-corrected chi connectivity index (χ1v) is 7.66. The predicted octanol–water partition coefficient (Wildman–Crippen LogP) is 1.81. The van der Waals surface area contributed by atoms with Crippen LogP contribution in [-0.4, -0.2) is 42.3 Å². The van der Waals surface area contributed by atoms with Crippen LogP contribution in [0.25, 0.3) is 0 Å². The number of phenolic OH excluding ortho intramolecular Hbond substituents is 2. The van der Waals surface area contributed by atoms with E-state index in [9.17, 15) is 15.3 Å². The van der Waals surface area contributed by atoms with Gasteiger partial charge in [-0.3, -0.25) is 5.32 Å². The molecule has 0 saturated heterocycles. The lowest BCUT2D eigenvalue weighted by Gasteiger charge is -2.14. The van der Waals surface area contributed by atoms with Crippen molar-refractivity contribution in [2.75, 3.05) is 20.8 Å². The zero-order valence-electron chi connectivity index (χ0n) is 13.8. The number of aliphatic hydroxyl groups is 1. The lowest BCUT2D eigenvalue weighted by molar-refractivity contribution is 0.138. The monoisotopic (exact) mass is 333 g/mol. The molecule has 4 N–H and O–H groups in total. The largest absolute Gasteiger partial charge is 0.504 e. The van der Waals surface area contributed by atoms with Crippen LogP contribution >= 0.6 is 0 Å². The highest BCUT2D eigenvalue weighted by Crippen LogP contribution is 2.27. The summed E-state index contributed by atoms with van der Waals surface area (Å²) in [6.45, 7) is 0.584. The molecule has 0 aliphatic rings. The quantitative estimate of drug-likeness (QED) is 0.435. The zero-order valence-corrected chi connectivity index (χ0v) is 13.8. The minimum absolute atomic E-state index is 0.172. The SMILES string of the molecule is COc1ccc(CCN[C@H](O)Cc2ccc(O)c(O)c2)cc1OC. The average Bonchev–Trinajstić information content (AvgIpc) is 2.58. The summed E-state index contributed by atoms with van der Waals surface area (Å²) in [6, 6.07) is 10.2. The van der Waals surface area contributed by atoms with Crippen molar-refractivity contribution in [2.24, 2.45) is 0 Å². The molecule has 2 aromatic rings. The van der Waals surface area contributed by atoms with Gasteiger partial charge in [0.15, 0.2) is 23.0 Å². The predicted molar refractivity (Wildman–Crippen MR) is 90.7 cm³/mol. The number of nitrogens with one attached hydrogen (secondary N) is 1. The van der Waals surface area contributed by atoms with Gasteiger partial charge in [0, 0.05) is 13.0 Å². The fraction of sp³-hybridized carbons (Fsp3) is 0.333. The van der Waals surface area contributed by atoms with Crippen molar-refractivity contribution in [3.05, 3.63) is 47.5 Å². The van der Waals surface area contributed by atoms with Gasteiger partial charge in [0.25, 0.3) is 0 Å². The van der Waals surface area contributed by atoms with Crippen molar-refractivity contribution in [2.45, 2.75) is 19.1 Å². The van der Waals surface area contributed by atoms with E-state index in [0.29, 0.717) is 24.5 Å². The molecule has 0 saturated carbocycles. The molecule has 0 aliphatic carbocycles. The highest BCUT2D eigenvalue weighted by molar-refractivity contribution is 5.43. The molecule has 6 heteroatoms. The molecule has 6 nitrogen and oxygen atoms in total. The third-order valence-corrected chi connectivity index (χ3v) is 3.71. The number of rotatable bonds is 8. The molecule has 0 spiro atoms. The normalized spacial score (nSPS) is 12.0. The molecule has 0 radical (unpaired) electrons. The average molecular weight is 333 g/mol. The van der Waals surface area contributed by atoms with Gasteiger partial charge in [-0.15, -0.1) is 0 Å². The van der Waals surface area contributed by atoms with Gasteiger partial charge in [-0.1, -0.05) is 12.1 Å². The molecule has 0 aromatic heterocycles. The second-order valence-electron chi connectivity index (χ2n) is 5.44. The van der Waals surface area contributed by atoms with Crippen molar-refractivity contribution in [3.8, 4) is 23.0 Å². The number of methoxy groups -OCH3 is 2. The Morgan fingerprint density at radius 1 is 0.917 bits per heavy atom. The van der Waals surface area contributed by atoms with Gasteiger partial charge in [-0.25, -0.2) is 0 Å². The molecule has 0 aliphatic heterocycles. The number of benzene rings is 2. The van der Waals surface area contributed by atoms with E-state index < -0.39 is 6.23 Å². The first kappa shape index (κ1) is 17.9. The Morgan fingerprint density at radius 2 is 1.62 bits per heavy atom. The zero-order chi connectivity index (χ0) is 17.5. The van der Waals surface area contributed by atoms with E-state index in [-0.39, 0.29) is 11.5 Å². The van der Waals surface area contributed by atoms with E-state index in [0.717, 1.165) is 17.5 Å². The van der Waals surface area contributed by atoms with Crippen molar-refractivity contribution >= 4 is 0 Å². The van der Waals surface area contributed by atoms with E-state index >= 15 is 0 Å². The number of phenols is 2. The Morgan fingerprint density at radius 3 is 2.29 bits per heavy atom. The van der Waals surface area contributed by atoms with E-state index in [1.54, 1.807) is 20.3 Å². The summed E-state index contributed by atoms with van der Waals surface area (Å²) in [4.78, 5) is 0. The van der Waals surface area contributed by atoms with Crippen LogP contribution in [0.4, 0.5) is 0 Å². The van der Waals surface area contributed by atoms with Gasteiger partial charge < -0.3 is 24.8 Å². The van der Waals surface area contributed by atoms with Crippen molar-refractivity contribution < 1.29 is 24.8 Å². The van der Waals surface area contributed by atoms with Gasteiger partial charge >= 0.3 is 0 Å². The molecule has 2 aromatic carbocycles. The van der Waals surface area contributed by atoms with Crippen molar-refractivity contribution in [1.29, 1.82) is 0 Å². The van der Waals surface area contributed by atoms with Gasteiger partial charge in [-0.05, 0) is 41.8 Å². The topological polar surface area (TPSA) is 91.2 Å². The van der Waals surface area contributed by atoms with E-state index in [4.69, 9.17) is 9.47 Å². The van der Waals surface area contributed by atoms with Gasteiger partial charge in [0.1, 0.15) is 6.23 Å². The summed E-state index contributed by atoms with van der Waals surface area (Å²) < 4.78 is 10.5. The standard InChI is InChI=1S/C18H23NO5/c1-23-16-6-4-12(10-17(16)24-2)7-8-19-18(22)11-13-3-5-14(20)15(21)9-13/h3-6,9-10,18-22H,7-8,11H2,1-2H3/t18-/m1/s1. The van der Waals surface area contributed by atoms with Gasteiger partial charge in [-0.2, -0.15) is 0 Å². The molecule has 24 heavy (non-hydrogen) atoms. The number of ether oxygens (including phenoxy) is 2. The summed E-state index contributed by atoms with van der Waals surface area (Å²) in [5.74, 6) is 0.996. The van der Waals surface area contributed by atoms with Crippen LogP contribution in [0.1, 0.15) is 11.1 Å². The summed E-state index contributed by atoms with van der Waals surface area (Å²) in [6.07, 6.45) is 0.312. The fourth-order valence-electron chi connectivity index (χ4n) is 2.41. The lowest BCUT2D eigenvalue weighted by Crippen LogP contribution is -2.32. The maximum absolute atomic E-state index is 10.0. The van der Waals surface area contributed by atoms with Crippen LogP contribution in [0.15, 0.2) is 36.4 Å². The van der Waals surface area contributed by atoms with Gasteiger partial charge in [0.05, 0.1) is 14.2 Å². The summed E-state index contributed by atoms with van der Waals surface area (Å²) in [5.41, 5.74) is 1.80. The van der Waals surface area contributed by atoms with Crippen LogP contribution in [0.3, 0.4) is 0 Å². The van der Waals surface area contributed by atoms with E-state index in [1.807, 2.05) is 18.2 Å². The third kappa shape index (κ3) is 4.78. The van der Waals surface area contributed by atoms with Crippen LogP contribution < -0.4 is 14.8 Å². The molecule has 0 unspecified atom stereocenters. The molecular weight excluding hydrogens is 310 g/mol. The first-order valence-electron chi connectivity index (χ1n) is 7.66. The Balaban J connectivity index is 1.83. The molecule has 0 heterocycles. The molecular formula is C18H23NO5. The maximum Gasteiger partial charge on any atom is 0.160 e. The Kier molecular flexibility index (Phi) is 6.28. The fourth-order valence-corrected chi connectivity index (χ4v) is 2.41. The number of aromatic hydroxyl groups is 2. The highest BCUT2D eigenvalue weighted by Gasteiger charge is 2.08. The van der Waals surface area contributed by atoms with Gasteiger partial charge in [0.2, 0.25) is 0 Å². The Bertz CT molecular complexity index is 674. The van der Waals surface area contributed by atoms with E-state index in [2.05, 4.69) is 5.32 Å². The second-order valence-corrected chi connectivity index (χ2v) is 5.44. The summed E-state index contributed by atoms with van der Waals surface area (Å²) in [5, 5.41) is 31.8. The van der Waals surface area contributed by atoms with Crippen LogP contribution in [-0.2, 0) is 12.8 Å². The smallest absolute Gasteiger partial charge is 0.160 e. The number of aliphatic hydroxyl groups excluding tert-OH is 1. The first-order chi connectivity index (χ1) is 11.5.